The maximum absolute atomic E-state index is 15.4. The molecule has 0 saturated carbocycles. The third kappa shape index (κ3) is 4.65. The molecule has 1 aliphatic carbocycles. The van der Waals surface area contributed by atoms with E-state index in [-0.39, 0.29) is 0 Å². The summed E-state index contributed by atoms with van der Waals surface area (Å²) in [7, 11) is -3.18. The van der Waals surface area contributed by atoms with Crippen molar-refractivity contribution in [2.75, 3.05) is 0 Å². The quantitative estimate of drug-likeness (QED) is 0.163. The van der Waals surface area contributed by atoms with Crippen molar-refractivity contribution < 1.29 is 4.57 Å². The summed E-state index contributed by atoms with van der Waals surface area (Å²) in [6.45, 7) is 0. The fourth-order valence-electron chi connectivity index (χ4n) is 10.7. The Morgan fingerprint density at radius 1 is 0.419 bits per heavy atom. The summed E-state index contributed by atoms with van der Waals surface area (Å²) >= 11 is 0. The van der Waals surface area contributed by atoms with Gasteiger partial charge in [-0.15, -0.1) is 0 Å². The molecule has 4 nitrogen and oxygen atoms in total. The molecule has 1 unspecified atom stereocenters. The van der Waals surface area contributed by atoms with Crippen LogP contribution in [0.25, 0.3) is 72.2 Å². The summed E-state index contributed by atoms with van der Waals surface area (Å²) < 4.78 is 17.9. The second kappa shape index (κ2) is 13.2. The van der Waals surface area contributed by atoms with Crippen molar-refractivity contribution in [1.29, 1.82) is 0 Å². The Balaban J connectivity index is 1.12. The molecule has 2 aliphatic rings. The SMILES string of the molecule is O=P(c1ccccc1)(c1ccccc1)c1ccc(-c2nc3c(c(-c4cccc5ccccc45)n2)C2(c4ccccc4-3)c3ccccc3-n3c4ccccc4c4cccc2c43)cc1. The monoisotopic (exact) mass is 809 g/mol. The molecule has 5 heteroatoms. The molecule has 13 rings (SSSR count). The Kier molecular flexibility index (Phi) is 7.47. The van der Waals surface area contributed by atoms with E-state index < -0.39 is 12.6 Å². The van der Waals surface area contributed by atoms with Gasteiger partial charge in [-0.2, -0.15) is 0 Å². The second-order valence-electron chi connectivity index (χ2n) is 16.3. The summed E-state index contributed by atoms with van der Waals surface area (Å²) in [5.74, 6) is 0.621. The molecule has 290 valence electrons. The molecular weight excluding hydrogens is 774 g/mol. The number of benzene rings is 9. The standard InChI is InChI=1S/C57H36N3OP/c61-62(39-19-3-1-4-20-39,40-21-5-2-6-22-40)41-35-33-38(34-36-41)56-58-53(44-26-15-18-37-17-7-8-23-42(37)44)52-54(59-56)46-25-9-11-28-47(46)57(52)48-29-12-14-32-51(48)60-50-31-13-10-24-43(50)45-27-16-30-49(57)55(45)60/h1-36H. The molecule has 0 amide bonds. The first-order valence-electron chi connectivity index (χ1n) is 21.1. The predicted octanol–water partition coefficient (Wildman–Crippen LogP) is 12.4. The molecule has 2 aromatic heterocycles. The van der Waals surface area contributed by atoms with Gasteiger partial charge in [0.25, 0.3) is 0 Å². The summed E-state index contributed by atoms with van der Waals surface area (Å²) in [6.07, 6.45) is 0. The van der Waals surface area contributed by atoms with Crippen molar-refractivity contribution >= 4 is 55.6 Å². The molecule has 0 fully saturated rings. The van der Waals surface area contributed by atoms with Gasteiger partial charge in [0.15, 0.2) is 13.0 Å². The second-order valence-corrected chi connectivity index (χ2v) is 19.1. The Labute approximate surface area is 358 Å². The van der Waals surface area contributed by atoms with Gasteiger partial charge < -0.3 is 9.13 Å². The zero-order valence-corrected chi connectivity index (χ0v) is 34.4. The number of hydrogen-bond acceptors (Lipinski definition) is 3. The minimum atomic E-state index is -3.18. The van der Waals surface area contributed by atoms with Crippen LogP contribution in [0.1, 0.15) is 22.3 Å². The van der Waals surface area contributed by atoms with E-state index in [4.69, 9.17) is 9.97 Å². The predicted molar refractivity (Wildman–Crippen MR) is 255 cm³/mol. The maximum atomic E-state index is 15.4. The Morgan fingerprint density at radius 3 is 1.73 bits per heavy atom. The van der Waals surface area contributed by atoms with E-state index in [2.05, 4.69) is 138 Å². The van der Waals surface area contributed by atoms with Crippen LogP contribution in [0.4, 0.5) is 0 Å². The number of hydrogen-bond donors (Lipinski definition) is 0. The average molecular weight is 810 g/mol. The highest BCUT2D eigenvalue weighted by Crippen LogP contribution is 2.62. The molecule has 3 heterocycles. The van der Waals surface area contributed by atoms with E-state index in [9.17, 15) is 0 Å². The van der Waals surface area contributed by atoms with Gasteiger partial charge in [-0.25, -0.2) is 9.97 Å². The highest BCUT2D eigenvalue weighted by atomic mass is 31.2. The lowest BCUT2D eigenvalue weighted by atomic mass is 9.64. The molecule has 0 N–H and O–H groups in total. The summed E-state index contributed by atoms with van der Waals surface area (Å²) in [5.41, 5.74) is 12.4. The number of aromatic nitrogens is 3. The van der Waals surface area contributed by atoms with Crippen LogP contribution in [-0.4, -0.2) is 14.5 Å². The Bertz CT molecular complexity index is 3620. The van der Waals surface area contributed by atoms with Crippen molar-refractivity contribution in [2.24, 2.45) is 0 Å². The van der Waals surface area contributed by atoms with Crippen molar-refractivity contribution in [3.05, 3.63) is 241 Å². The third-order valence-corrected chi connectivity index (χ3v) is 16.4. The van der Waals surface area contributed by atoms with Gasteiger partial charge in [-0.05, 0) is 39.6 Å². The number of fused-ring (bicyclic) bond motifs is 13. The lowest BCUT2D eigenvalue weighted by Gasteiger charge is -2.40. The molecule has 0 saturated heterocycles. The third-order valence-electron chi connectivity index (χ3n) is 13.3. The highest BCUT2D eigenvalue weighted by molar-refractivity contribution is 7.85. The van der Waals surface area contributed by atoms with Crippen molar-refractivity contribution in [3.63, 3.8) is 0 Å². The molecule has 1 spiro atoms. The number of nitrogens with zero attached hydrogens (tertiary/aromatic N) is 3. The fourth-order valence-corrected chi connectivity index (χ4v) is 13.4. The van der Waals surface area contributed by atoms with Crippen molar-refractivity contribution in [2.45, 2.75) is 5.41 Å². The van der Waals surface area contributed by atoms with Crippen LogP contribution >= 0.6 is 7.14 Å². The van der Waals surface area contributed by atoms with Crippen LogP contribution in [0.5, 0.6) is 0 Å². The zero-order chi connectivity index (χ0) is 41.0. The van der Waals surface area contributed by atoms with E-state index in [1.54, 1.807) is 0 Å². The zero-order valence-electron chi connectivity index (χ0n) is 33.5. The molecule has 1 atom stereocenters. The number of para-hydroxylation sites is 3. The van der Waals surface area contributed by atoms with Crippen LogP contribution < -0.4 is 15.9 Å². The van der Waals surface area contributed by atoms with E-state index in [1.165, 1.54) is 38.5 Å². The smallest absolute Gasteiger partial charge is 0.171 e. The largest absolute Gasteiger partial charge is 0.309 e. The summed E-state index contributed by atoms with van der Waals surface area (Å²) in [4.78, 5) is 11.4. The maximum Gasteiger partial charge on any atom is 0.171 e. The van der Waals surface area contributed by atoms with Crippen LogP contribution in [0.2, 0.25) is 0 Å². The Morgan fingerprint density at radius 2 is 0.952 bits per heavy atom. The molecule has 0 radical (unpaired) electrons. The summed E-state index contributed by atoms with van der Waals surface area (Å²) in [5, 5.41) is 7.11. The molecule has 0 bridgehead atoms. The van der Waals surface area contributed by atoms with Crippen LogP contribution in [-0.2, 0) is 9.98 Å². The fraction of sp³-hybridized carbons (Fsp3) is 0.0175. The molecule has 1 aliphatic heterocycles. The van der Waals surface area contributed by atoms with E-state index in [1.807, 2.05) is 84.9 Å². The summed E-state index contributed by atoms with van der Waals surface area (Å²) in [6, 6.07) is 76.3. The molecule has 62 heavy (non-hydrogen) atoms. The van der Waals surface area contributed by atoms with Crippen molar-refractivity contribution in [1.82, 2.24) is 14.5 Å². The first-order valence-corrected chi connectivity index (χ1v) is 22.8. The lowest BCUT2D eigenvalue weighted by Crippen LogP contribution is -2.34. The van der Waals surface area contributed by atoms with Gasteiger partial charge in [-0.1, -0.05) is 206 Å². The first-order chi connectivity index (χ1) is 30.7. The van der Waals surface area contributed by atoms with E-state index in [0.717, 1.165) is 66.0 Å². The van der Waals surface area contributed by atoms with Gasteiger partial charge >= 0.3 is 0 Å². The first kappa shape index (κ1) is 35.1. The van der Waals surface area contributed by atoms with Crippen molar-refractivity contribution in [3.8, 4) is 39.6 Å². The minimum absolute atomic E-state index is 0.621. The van der Waals surface area contributed by atoms with Gasteiger partial charge in [0.1, 0.15) is 0 Å². The van der Waals surface area contributed by atoms with Crippen LogP contribution in [0.15, 0.2) is 218 Å². The molecule has 9 aromatic carbocycles. The minimum Gasteiger partial charge on any atom is -0.309 e. The van der Waals surface area contributed by atoms with Gasteiger partial charge in [0.05, 0.1) is 33.5 Å². The van der Waals surface area contributed by atoms with Crippen LogP contribution in [0, 0.1) is 0 Å². The van der Waals surface area contributed by atoms with Gasteiger partial charge in [0, 0.05) is 48.9 Å². The topological polar surface area (TPSA) is 47.8 Å². The lowest BCUT2D eigenvalue weighted by molar-refractivity contribution is 0.592. The highest BCUT2D eigenvalue weighted by Gasteiger charge is 2.53. The van der Waals surface area contributed by atoms with E-state index in [0.29, 0.717) is 5.82 Å². The molecular formula is C57H36N3OP. The Hall–Kier alpha value is -7.65. The van der Waals surface area contributed by atoms with E-state index >= 15 is 4.57 Å². The average Bonchev–Trinajstić information content (AvgIpc) is 3.85. The molecule has 11 aromatic rings. The number of rotatable bonds is 5. The normalized spacial score (nSPS) is 14.9. The van der Waals surface area contributed by atoms with Gasteiger partial charge in [0.2, 0.25) is 0 Å². The van der Waals surface area contributed by atoms with Gasteiger partial charge in [-0.3, -0.25) is 0 Å². The van der Waals surface area contributed by atoms with Crippen LogP contribution in [0.3, 0.4) is 0 Å².